The average molecular weight is 406 g/mol. The highest BCUT2D eigenvalue weighted by atomic mass is 19.3. The SMILES string of the molecule is C[C@@H](Nc1ncnc2cc(=O)n(C3(CF)CC3)cc12)c1cccc(C(F)F)c1F. The van der Waals surface area contributed by atoms with Gasteiger partial charge in [0.25, 0.3) is 12.0 Å². The maximum absolute atomic E-state index is 14.5. The quantitative estimate of drug-likeness (QED) is 0.613. The van der Waals surface area contributed by atoms with E-state index in [4.69, 9.17) is 0 Å². The molecule has 1 atom stereocenters. The normalized spacial score (nSPS) is 16.2. The van der Waals surface area contributed by atoms with E-state index in [1.54, 1.807) is 6.92 Å². The number of benzene rings is 1. The summed E-state index contributed by atoms with van der Waals surface area (Å²) in [5.74, 6) is -0.681. The highest BCUT2D eigenvalue weighted by Gasteiger charge is 2.45. The smallest absolute Gasteiger partial charge is 0.266 e. The zero-order valence-corrected chi connectivity index (χ0v) is 15.5. The number of aromatic nitrogens is 3. The van der Waals surface area contributed by atoms with E-state index in [2.05, 4.69) is 15.3 Å². The van der Waals surface area contributed by atoms with E-state index in [9.17, 15) is 22.4 Å². The van der Waals surface area contributed by atoms with Crippen LogP contribution >= 0.6 is 0 Å². The van der Waals surface area contributed by atoms with Gasteiger partial charge in [0, 0.05) is 17.8 Å². The number of hydrogen-bond donors (Lipinski definition) is 1. The lowest BCUT2D eigenvalue weighted by molar-refractivity contribution is 0.146. The van der Waals surface area contributed by atoms with Crippen molar-refractivity contribution in [3.63, 3.8) is 0 Å². The third-order valence-electron chi connectivity index (χ3n) is 5.37. The molecule has 5 nitrogen and oxygen atoms in total. The molecule has 0 amide bonds. The number of hydrogen-bond acceptors (Lipinski definition) is 4. The maximum Gasteiger partial charge on any atom is 0.266 e. The molecule has 3 aromatic rings. The van der Waals surface area contributed by atoms with Crippen LogP contribution in [0.25, 0.3) is 10.9 Å². The fourth-order valence-corrected chi connectivity index (χ4v) is 3.45. The van der Waals surface area contributed by atoms with Crippen LogP contribution in [0.2, 0.25) is 0 Å². The van der Waals surface area contributed by atoms with Crippen molar-refractivity contribution in [3.8, 4) is 0 Å². The van der Waals surface area contributed by atoms with E-state index < -0.39 is 36.1 Å². The summed E-state index contributed by atoms with van der Waals surface area (Å²) in [5, 5.41) is 3.46. The third-order valence-corrected chi connectivity index (χ3v) is 5.37. The number of alkyl halides is 3. The fraction of sp³-hybridized carbons (Fsp3) is 0.350. The van der Waals surface area contributed by atoms with Gasteiger partial charge in [-0.3, -0.25) is 4.79 Å². The summed E-state index contributed by atoms with van der Waals surface area (Å²) in [6, 6.07) is 4.44. The lowest BCUT2D eigenvalue weighted by Crippen LogP contribution is -2.31. The molecule has 1 fully saturated rings. The monoisotopic (exact) mass is 406 g/mol. The summed E-state index contributed by atoms with van der Waals surface area (Å²) >= 11 is 0. The Morgan fingerprint density at radius 1 is 1.24 bits per heavy atom. The molecular formula is C20H18F4N4O. The lowest BCUT2D eigenvalue weighted by Gasteiger charge is -2.19. The first-order valence-corrected chi connectivity index (χ1v) is 9.13. The molecule has 0 bridgehead atoms. The second-order valence-corrected chi connectivity index (χ2v) is 7.28. The summed E-state index contributed by atoms with van der Waals surface area (Å²) in [4.78, 5) is 20.6. The van der Waals surface area contributed by atoms with Crippen molar-refractivity contribution in [2.45, 2.75) is 37.8 Å². The van der Waals surface area contributed by atoms with Crippen LogP contribution in [0, 0.1) is 5.82 Å². The van der Waals surface area contributed by atoms with Gasteiger partial charge in [-0.15, -0.1) is 0 Å². The molecule has 1 aliphatic carbocycles. The Morgan fingerprint density at radius 3 is 2.62 bits per heavy atom. The van der Waals surface area contributed by atoms with E-state index in [-0.39, 0.29) is 11.1 Å². The molecule has 0 unspecified atom stereocenters. The predicted molar refractivity (Wildman–Crippen MR) is 100 cm³/mol. The van der Waals surface area contributed by atoms with Crippen LogP contribution in [0.1, 0.15) is 43.4 Å². The Hall–Kier alpha value is -2.97. The van der Waals surface area contributed by atoms with Crippen LogP contribution in [0.3, 0.4) is 0 Å². The van der Waals surface area contributed by atoms with Crippen LogP contribution in [0.4, 0.5) is 23.4 Å². The van der Waals surface area contributed by atoms with Gasteiger partial charge in [0.1, 0.15) is 24.6 Å². The molecular weight excluding hydrogens is 388 g/mol. The van der Waals surface area contributed by atoms with E-state index in [1.807, 2.05) is 0 Å². The van der Waals surface area contributed by atoms with Crippen molar-refractivity contribution in [3.05, 3.63) is 64.1 Å². The van der Waals surface area contributed by atoms with Gasteiger partial charge in [0.2, 0.25) is 0 Å². The van der Waals surface area contributed by atoms with Crippen LogP contribution in [-0.2, 0) is 5.54 Å². The second kappa shape index (κ2) is 7.13. The maximum atomic E-state index is 14.5. The highest BCUT2D eigenvalue weighted by Crippen LogP contribution is 2.43. The van der Waals surface area contributed by atoms with E-state index >= 15 is 0 Å². The molecule has 1 aromatic carbocycles. The molecule has 1 N–H and O–H groups in total. The van der Waals surface area contributed by atoms with Crippen molar-refractivity contribution in [1.29, 1.82) is 0 Å². The number of nitrogens with zero attached hydrogens (tertiary/aromatic N) is 3. The summed E-state index contributed by atoms with van der Waals surface area (Å²) in [6.45, 7) is 0.957. The first-order valence-electron chi connectivity index (χ1n) is 9.13. The molecule has 152 valence electrons. The van der Waals surface area contributed by atoms with Crippen LogP contribution in [-0.4, -0.2) is 21.2 Å². The van der Waals surface area contributed by atoms with Crippen LogP contribution < -0.4 is 10.9 Å². The van der Waals surface area contributed by atoms with Gasteiger partial charge >= 0.3 is 0 Å². The largest absolute Gasteiger partial charge is 0.363 e. The molecule has 0 saturated heterocycles. The zero-order valence-electron chi connectivity index (χ0n) is 15.5. The van der Waals surface area contributed by atoms with Gasteiger partial charge in [0.15, 0.2) is 0 Å². The Balaban J connectivity index is 1.74. The average Bonchev–Trinajstić information content (AvgIpc) is 3.48. The molecule has 9 heteroatoms. The van der Waals surface area contributed by atoms with Gasteiger partial charge in [-0.1, -0.05) is 18.2 Å². The molecule has 1 saturated carbocycles. The molecule has 0 aliphatic heterocycles. The van der Waals surface area contributed by atoms with Crippen molar-refractivity contribution in [1.82, 2.24) is 14.5 Å². The van der Waals surface area contributed by atoms with Gasteiger partial charge in [-0.2, -0.15) is 0 Å². The molecule has 29 heavy (non-hydrogen) atoms. The molecule has 2 heterocycles. The van der Waals surface area contributed by atoms with Crippen molar-refractivity contribution < 1.29 is 17.6 Å². The number of anilines is 1. The minimum atomic E-state index is -2.92. The first-order chi connectivity index (χ1) is 13.9. The number of pyridine rings is 1. The van der Waals surface area contributed by atoms with Crippen LogP contribution in [0.5, 0.6) is 0 Å². The standard InChI is InChI=1S/C20H18F4N4O/c1-11(12-3-2-4-13(17(12)22)18(23)24)27-19-14-8-28(20(9-21)5-6-20)16(29)7-15(14)25-10-26-19/h2-4,7-8,10-11,18H,5-6,9H2,1H3,(H,25,26,27)/t11-/m1/s1. The minimum Gasteiger partial charge on any atom is -0.363 e. The van der Waals surface area contributed by atoms with Crippen molar-refractivity contribution in [2.75, 3.05) is 12.0 Å². The molecule has 4 rings (SSSR count). The Bertz CT molecular complexity index is 1130. The number of halogens is 4. The van der Waals surface area contributed by atoms with Gasteiger partial charge in [-0.05, 0) is 19.8 Å². The number of nitrogens with one attached hydrogen (secondary N) is 1. The first kappa shape index (κ1) is 19.4. The number of rotatable bonds is 6. The van der Waals surface area contributed by atoms with Gasteiger partial charge < -0.3 is 9.88 Å². The summed E-state index contributed by atoms with van der Waals surface area (Å²) < 4.78 is 55.3. The Kier molecular flexibility index (Phi) is 4.76. The molecule has 1 aliphatic rings. The zero-order chi connectivity index (χ0) is 20.8. The minimum absolute atomic E-state index is 0.0605. The van der Waals surface area contributed by atoms with Crippen molar-refractivity contribution in [2.24, 2.45) is 0 Å². The Morgan fingerprint density at radius 2 is 1.97 bits per heavy atom. The molecule has 0 radical (unpaired) electrons. The van der Waals surface area contributed by atoms with Crippen molar-refractivity contribution >= 4 is 16.7 Å². The summed E-state index contributed by atoms with van der Waals surface area (Å²) in [7, 11) is 0. The van der Waals surface area contributed by atoms with Crippen LogP contribution in [0.15, 0.2) is 41.6 Å². The van der Waals surface area contributed by atoms with E-state index in [0.29, 0.717) is 29.6 Å². The second-order valence-electron chi connectivity index (χ2n) is 7.28. The van der Waals surface area contributed by atoms with E-state index in [1.165, 1.54) is 35.3 Å². The topological polar surface area (TPSA) is 59.8 Å². The van der Waals surface area contributed by atoms with Gasteiger partial charge in [-0.25, -0.2) is 27.5 Å². The highest BCUT2D eigenvalue weighted by molar-refractivity contribution is 5.88. The lowest BCUT2D eigenvalue weighted by atomic mass is 10.0. The molecule has 2 aromatic heterocycles. The summed E-state index contributed by atoms with van der Waals surface area (Å²) in [6.07, 6.45) is 0.952. The van der Waals surface area contributed by atoms with E-state index in [0.717, 1.165) is 6.07 Å². The Labute approximate surface area is 163 Å². The number of fused-ring (bicyclic) bond motifs is 1. The third kappa shape index (κ3) is 3.34. The predicted octanol–water partition coefficient (Wildman–Crippen LogP) is 4.50. The summed E-state index contributed by atoms with van der Waals surface area (Å²) in [5.41, 5.74) is -1.45. The van der Waals surface area contributed by atoms with Gasteiger partial charge in [0.05, 0.1) is 28.0 Å². The molecule has 0 spiro atoms. The fourth-order valence-electron chi connectivity index (χ4n) is 3.45.